The summed E-state index contributed by atoms with van der Waals surface area (Å²) in [5.41, 5.74) is 2.35. The van der Waals surface area contributed by atoms with Gasteiger partial charge >= 0.3 is 0 Å². The average molecular weight is 358 g/mol. The Bertz CT molecular complexity index is 461. The molecule has 5 heteroatoms. The van der Waals surface area contributed by atoms with Gasteiger partial charge in [0.15, 0.2) is 0 Å². The monoisotopic (exact) mass is 357 g/mol. The summed E-state index contributed by atoms with van der Waals surface area (Å²) < 4.78 is 9.27. The molecule has 3 atom stereocenters. The van der Waals surface area contributed by atoms with E-state index in [4.69, 9.17) is 4.74 Å². The third kappa shape index (κ3) is 3.88. The smallest absolute Gasteiger partial charge is 0.0758 e. The van der Waals surface area contributed by atoms with E-state index in [0.29, 0.717) is 18.1 Å². The second-order valence-electron chi connectivity index (χ2n) is 6.03. The Balaban J connectivity index is 2.18. The zero-order valence-electron chi connectivity index (χ0n) is 13.7. The fourth-order valence-corrected chi connectivity index (χ4v) is 3.58. The molecule has 0 saturated carbocycles. The van der Waals surface area contributed by atoms with Crippen LogP contribution in [-0.4, -0.2) is 35.1 Å². The van der Waals surface area contributed by atoms with Crippen LogP contribution in [0.5, 0.6) is 0 Å². The summed E-state index contributed by atoms with van der Waals surface area (Å²) in [6.45, 7) is 11.5. The Morgan fingerprint density at radius 3 is 2.81 bits per heavy atom. The first-order valence-corrected chi connectivity index (χ1v) is 8.94. The number of aromatic nitrogens is 2. The molecule has 4 nitrogen and oxygen atoms in total. The molecule has 1 aliphatic rings. The van der Waals surface area contributed by atoms with E-state index in [0.717, 1.165) is 42.7 Å². The predicted molar refractivity (Wildman–Crippen MR) is 89.6 cm³/mol. The standard InChI is InChI=1S/C16H28BrN3O/c1-5-8-18-13(16-11(3)7-9-21-16)10-14-15(17)12(4)19-20(14)6-2/h11,13,16,18H,5-10H2,1-4H3. The first kappa shape index (κ1) is 17.0. The number of nitrogens with zero attached hydrogens (tertiary/aromatic N) is 2. The molecule has 1 fully saturated rings. The average Bonchev–Trinajstić information content (AvgIpc) is 3.01. The first-order valence-electron chi connectivity index (χ1n) is 8.15. The Labute approximate surface area is 136 Å². The molecule has 0 radical (unpaired) electrons. The van der Waals surface area contributed by atoms with Gasteiger partial charge in [-0.2, -0.15) is 5.10 Å². The lowest BCUT2D eigenvalue weighted by Gasteiger charge is -2.27. The van der Waals surface area contributed by atoms with Crippen molar-refractivity contribution >= 4 is 15.9 Å². The second kappa shape index (κ2) is 7.75. The lowest BCUT2D eigenvalue weighted by molar-refractivity contribution is 0.0603. The molecule has 0 aliphatic carbocycles. The van der Waals surface area contributed by atoms with Gasteiger partial charge in [0.25, 0.3) is 0 Å². The van der Waals surface area contributed by atoms with Crippen LogP contribution in [0.25, 0.3) is 0 Å². The van der Waals surface area contributed by atoms with Crippen molar-refractivity contribution in [2.45, 2.75) is 65.6 Å². The van der Waals surface area contributed by atoms with Crippen molar-refractivity contribution in [1.82, 2.24) is 15.1 Å². The zero-order valence-corrected chi connectivity index (χ0v) is 15.2. The minimum atomic E-state index is 0.309. The van der Waals surface area contributed by atoms with Crippen LogP contribution in [0.15, 0.2) is 4.47 Å². The summed E-state index contributed by atoms with van der Waals surface area (Å²) in [5.74, 6) is 0.622. The van der Waals surface area contributed by atoms with Crippen LogP contribution >= 0.6 is 15.9 Å². The van der Waals surface area contributed by atoms with E-state index in [1.165, 1.54) is 12.1 Å². The molecule has 2 rings (SSSR count). The van der Waals surface area contributed by atoms with Crippen molar-refractivity contribution in [2.24, 2.45) is 5.92 Å². The Hall–Kier alpha value is -0.390. The van der Waals surface area contributed by atoms with Gasteiger partial charge in [-0.25, -0.2) is 0 Å². The number of ether oxygens (including phenoxy) is 1. The van der Waals surface area contributed by atoms with Gasteiger partial charge in [0.2, 0.25) is 0 Å². The molecule has 1 aliphatic heterocycles. The van der Waals surface area contributed by atoms with E-state index in [2.05, 4.69) is 58.7 Å². The number of halogens is 1. The number of aryl methyl sites for hydroxylation is 2. The summed E-state index contributed by atoms with van der Waals surface area (Å²) in [6.07, 6.45) is 3.58. The Morgan fingerprint density at radius 1 is 1.48 bits per heavy atom. The lowest BCUT2D eigenvalue weighted by atomic mass is 9.94. The molecule has 0 bridgehead atoms. The van der Waals surface area contributed by atoms with Crippen LogP contribution in [0.4, 0.5) is 0 Å². The molecule has 1 aromatic rings. The van der Waals surface area contributed by atoms with Crippen molar-refractivity contribution < 1.29 is 4.74 Å². The van der Waals surface area contributed by atoms with Gasteiger partial charge in [0.1, 0.15) is 0 Å². The van der Waals surface area contributed by atoms with E-state index in [-0.39, 0.29) is 0 Å². The molecule has 1 N–H and O–H groups in total. The third-order valence-corrected chi connectivity index (χ3v) is 5.40. The van der Waals surface area contributed by atoms with Gasteiger partial charge in [0, 0.05) is 25.6 Å². The largest absolute Gasteiger partial charge is 0.376 e. The van der Waals surface area contributed by atoms with Crippen molar-refractivity contribution in [3.63, 3.8) is 0 Å². The maximum Gasteiger partial charge on any atom is 0.0758 e. The summed E-state index contributed by atoms with van der Waals surface area (Å²) in [7, 11) is 0. The van der Waals surface area contributed by atoms with E-state index in [1.54, 1.807) is 0 Å². The molecule has 0 amide bonds. The molecular weight excluding hydrogens is 330 g/mol. The highest BCUT2D eigenvalue weighted by molar-refractivity contribution is 9.10. The predicted octanol–water partition coefficient (Wildman–Crippen LogP) is 3.31. The maximum atomic E-state index is 6.01. The van der Waals surface area contributed by atoms with Gasteiger partial charge in [-0.05, 0) is 55.1 Å². The quantitative estimate of drug-likeness (QED) is 0.813. The van der Waals surface area contributed by atoms with Crippen molar-refractivity contribution in [3.05, 3.63) is 15.9 Å². The van der Waals surface area contributed by atoms with Crippen molar-refractivity contribution in [2.75, 3.05) is 13.2 Å². The molecule has 2 heterocycles. The van der Waals surface area contributed by atoms with E-state index < -0.39 is 0 Å². The molecule has 1 aromatic heterocycles. The fraction of sp³-hybridized carbons (Fsp3) is 0.812. The normalized spacial score (nSPS) is 23.7. The molecule has 0 aromatic carbocycles. The van der Waals surface area contributed by atoms with Crippen LogP contribution in [0.1, 0.15) is 45.0 Å². The van der Waals surface area contributed by atoms with Gasteiger partial charge < -0.3 is 10.1 Å². The van der Waals surface area contributed by atoms with E-state index in [1.807, 2.05) is 0 Å². The number of rotatable bonds is 7. The molecule has 3 unspecified atom stereocenters. The summed E-state index contributed by atoms with van der Waals surface area (Å²) in [4.78, 5) is 0. The summed E-state index contributed by atoms with van der Waals surface area (Å²) in [5, 5.41) is 8.30. The number of hydrogen-bond donors (Lipinski definition) is 1. The van der Waals surface area contributed by atoms with Gasteiger partial charge in [-0.3, -0.25) is 4.68 Å². The highest BCUT2D eigenvalue weighted by atomic mass is 79.9. The molecule has 21 heavy (non-hydrogen) atoms. The van der Waals surface area contributed by atoms with Gasteiger partial charge in [-0.1, -0.05) is 13.8 Å². The minimum Gasteiger partial charge on any atom is -0.376 e. The molecule has 0 spiro atoms. The summed E-state index contributed by atoms with van der Waals surface area (Å²) >= 11 is 3.71. The van der Waals surface area contributed by atoms with Gasteiger partial charge in [0.05, 0.1) is 22.0 Å². The lowest BCUT2D eigenvalue weighted by Crippen LogP contribution is -2.44. The highest BCUT2D eigenvalue weighted by Crippen LogP contribution is 2.28. The SMILES string of the molecule is CCCNC(Cc1c(Br)c(C)nn1CC)C1OCCC1C. The Morgan fingerprint density at radius 2 is 2.24 bits per heavy atom. The zero-order chi connectivity index (χ0) is 15.4. The number of hydrogen-bond acceptors (Lipinski definition) is 3. The Kier molecular flexibility index (Phi) is 6.26. The highest BCUT2D eigenvalue weighted by Gasteiger charge is 2.33. The molecule has 120 valence electrons. The minimum absolute atomic E-state index is 0.309. The van der Waals surface area contributed by atoms with E-state index >= 15 is 0 Å². The maximum absolute atomic E-state index is 6.01. The van der Waals surface area contributed by atoms with Crippen LogP contribution in [-0.2, 0) is 17.7 Å². The summed E-state index contributed by atoms with van der Waals surface area (Å²) in [6, 6.07) is 0.361. The van der Waals surface area contributed by atoms with Crippen LogP contribution in [0.2, 0.25) is 0 Å². The van der Waals surface area contributed by atoms with E-state index in [9.17, 15) is 0 Å². The fourth-order valence-electron chi connectivity index (χ4n) is 3.14. The van der Waals surface area contributed by atoms with Crippen LogP contribution in [0.3, 0.4) is 0 Å². The second-order valence-corrected chi connectivity index (χ2v) is 6.82. The molecular formula is C16H28BrN3O. The van der Waals surface area contributed by atoms with Crippen molar-refractivity contribution in [3.8, 4) is 0 Å². The third-order valence-electron chi connectivity index (χ3n) is 4.36. The van der Waals surface area contributed by atoms with Crippen molar-refractivity contribution in [1.29, 1.82) is 0 Å². The van der Waals surface area contributed by atoms with Crippen LogP contribution < -0.4 is 5.32 Å². The van der Waals surface area contributed by atoms with Crippen LogP contribution in [0, 0.1) is 12.8 Å². The number of nitrogens with one attached hydrogen (secondary N) is 1. The van der Waals surface area contributed by atoms with Gasteiger partial charge in [-0.15, -0.1) is 0 Å². The first-order chi connectivity index (χ1) is 10.1. The molecule has 1 saturated heterocycles. The topological polar surface area (TPSA) is 39.1 Å².